The number of carbonyl (C=O) groups excluding carboxylic acids is 10. The highest BCUT2D eigenvalue weighted by Crippen LogP contribution is 2.15. The minimum absolute atomic E-state index is 0.000174. The summed E-state index contributed by atoms with van der Waals surface area (Å²) in [5.74, 6) is -6.88. The summed E-state index contributed by atoms with van der Waals surface area (Å²) in [5, 5.41) is 54.9. The van der Waals surface area contributed by atoms with E-state index in [4.69, 9.17) is 5.73 Å². The summed E-state index contributed by atoms with van der Waals surface area (Å²) >= 11 is 0. The van der Waals surface area contributed by atoms with Gasteiger partial charge in [-0.15, -0.1) is 0 Å². The number of aliphatic hydroxyl groups is 5. The number of primary amides is 1. The zero-order valence-corrected chi connectivity index (χ0v) is 51.3. The molecule has 8 N–H and O–H groups in total. The van der Waals surface area contributed by atoms with Crippen molar-refractivity contribution in [1.29, 1.82) is 0 Å². The van der Waals surface area contributed by atoms with Gasteiger partial charge in [-0.3, -0.25) is 47.9 Å². The summed E-state index contributed by atoms with van der Waals surface area (Å²) in [6.45, 7) is 18.1. The quantitative estimate of drug-likeness (QED) is 0.0364. The highest BCUT2D eigenvalue weighted by atomic mass is 16.3. The standard InChI is InChI=1S/C55H103N11O15/c1-16-36(6)57-21-47(73)59(23-42(12)68)28-48(74)61(25-44(14)70)30-52(78)66(40(10)20-5)35-55(81)64(38(8)18-3)33-51(77)60(24-43(13)69)29-49(75)62(26-45(15)71)31-53(79)65(39(9)19-4)34-54(80)63(37(7)17-2)32-50(76)58(22-41(11)67)27-46(56)72/h36-45,57,67-71H,16-35H2,1-15H3,(H2,56,72). The Morgan fingerprint density at radius 3 is 0.765 bits per heavy atom. The monoisotopic (exact) mass is 1160 g/mol. The molecule has 10 unspecified atom stereocenters. The van der Waals surface area contributed by atoms with Crippen LogP contribution in [0.3, 0.4) is 0 Å². The zero-order chi connectivity index (χ0) is 62.6. The maximum atomic E-state index is 14.5. The molecule has 0 heterocycles. The topological polar surface area (TPSA) is 339 Å². The fourth-order valence-electron chi connectivity index (χ4n) is 8.41. The van der Waals surface area contributed by atoms with Crippen molar-refractivity contribution in [2.75, 3.05) is 98.2 Å². The van der Waals surface area contributed by atoms with E-state index in [0.717, 1.165) is 26.0 Å². The Morgan fingerprint density at radius 1 is 0.321 bits per heavy atom. The molecule has 0 aliphatic rings. The molecule has 0 aromatic rings. The molecule has 0 bridgehead atoms. The molecule has 10 amide bonds. The highest BCUT2D eigenvalue weighted by molar-refractivity contribution is 5.94. The van der Waals surface area contributed by atoms with E-state index >= 15 is 0 Å². The molecule has 26 nitrogen and oxygen atoms in total. The second kappa shape index (κ2) is 38.3. The third kappa shape index (κ3) is 28.3. The van der Waals surface area contributed by atoms with Gasteiger partial charge >= 0.3 is 0 Å². The van der Waals surface area contributed by atoms with E-state index in [1.165, 1.54) is 59.1 Å². The second-order valence-corrected chi connectivity index (χ2v) is 21.9. The van der Waals surface area contributed by atoms with E-state index in [0.29, 0.717) is 25.7 Å². The summed E-state index contributed by atoms with van der Waals surface area (Å²) in [6, 6.07) is -2.27. The molecule has 0 rings (SSSR count). The number of hydrogen-bond acceptors (Lipinski definition) is 16. The van der Waals surface area contributed by atoms with Gasteiger partial charge in [-0.1, -0.05) is 34.6 Å². The molecular weight excluding hydrogens is 1050 g/mol. The molecule has 0 saturated carbocycles. The molecule has 468 valence electrons. The number of nitrogens with one attached hydrogen (secondary N) is 1. The van der Waals surface area contributed by atoms with E-state index in [2.05, 4.69) is 5.32 Å². The normalized spacial score (nSPS) is 15.0. The number of carbonyl (C=O) groups is 10. The molecule has 0 aromatic carbocycles. The van der Waals surface area contributed by atoms with Crippen LogP contribution in [0, 0.1) is 0 Å². The van der Waals surface area contributed by atoms with Crippen molar-refractivity contribution in [2.45, 2.75) is 197 Å². The summed E-state index contributed by atoms with van der Waals surface area (Å²) in [6.07, 6.45) is -3.23. The van der Waals surface area contributed by atoms with E-state index in [9.17, 15) is 73.5 Å². The number of nitrogens with two attached hydrogens (primary N) is 1. The SMILES string of the molecule is CCC(C)NCC(=O)N(CC(=O)N(CC(=O)N(CC(=O)N(CC(=O)N(CC(=O)N(CC(=O)N(CC(=O)N(CC(=O)N(CC(N)=O)CC(C)O)C(C)CC)C(C)CC)CC(C)O)CC(C)O)C(C)CC)C(C)CC)CC(C)O)CC(C)O. The van der Waals surface area contributed by atoms with Crippen LogP contribution in [-0.2, 0) is 47.9 Å². The smallest absolute Gasteiger partial charge is 0.242 e. The van der Waals surface area contributed by atoms with Crippen molar-refractivity contribution >= 4 is 59.1 Å². The van der Waals surface area contributed by atoms with Gasteiger partial charge in [0.25, 0.3) is 0 Å². The zero-order valence-electron chi connectivity index (χ0n) is 51.3. The molecule has 26 heteroatoms. The van der Waals surface area contributed by atoms with Crippen molar-refractivity contribution in [2.24, 2.45) is 5.73 Å². The number of nitrogens with zero attached hydrogens (tertiary/aromatic N) is 9. The predicted octanol–water partition coefficient (Wildman–Crippen LogP) is -1.58. The molecule has 81 heavy (non-hydrogen) atoms. The van der Waals surface area contributed by atoms with Crippen LogP contribution in [0.25, 0.3) is 0 Å². The average Bonchev–Trinajstić information content (AvgIpc) is 3.38. The van der Waals surface area contributed by atoms with Crippen molar-refractivity contribution in [3.8, 4) is 0 Å². The Hall–Kier alpha value is -5.54. The van der Waals surface area contributed by atoms with Crippen LogP contribution in [0.5, 0.6) is 0 Å². The molecule has 0 aliphatic carbocycles. The van der Waals surface area contributed by atoms with Gasteiger partial charge in [0.1, 0.15) is 26.2 Å². The Kier molecular flexibility index (Phi) is 35.7. The summed E-state index contributed by atoms with van der Waals surface area (Å²) in [4.78, 5) is 149. The van der Waals surface area contributed by atoms with E-state index < -0.39 is 179 Å². The third-order valence-corrected chi connectivity index (χ3v) is 14.0. The Bertz CT molecular complexity index is 2010. The Morgan fingerprint density at radius 2 is 0.531 bits per heavy atom. The van der Waals surface area contributed by atoms with Gasteiger partial charge in [-0.2, -0.15) is 0 Å². The molecule has 0 aliphatic heterocycles. The van der Waals surface area contributed by atoms with Crippen LogP contribution in [-0.4, -0.2) is 288 Å². The molecular formula is C55H103N11O15. The van der Waals surface area contributed by atoms with Gasteiger partial charge in [0.2, 0.25) is 59.1 Å². The van der Waals surface area contributed by atoms with Gasteiger partial charge in [0.05, 0.1) is 69.8 Å². The van der Waals surface area contributed by atoms with Gasteiger partial charge in [0, 0.05) is 62.9 Å². The van der Waals surface area contributed by atoms with E-state index in [1.54, 1.807) is 55.4 Å². The Labute approximate surface area is 481 Å². The lowest BCUT2D eigenvalue weighted by molar-refractivity contribution is -0.152. The number of amides is 10. The maximum absolute atomic E-state index is 14.5. The lowest BCUT2D eigenvalue weighted by Gasteiger charge is -2.37. The molecule has 0 radical (unpaired) electrons. The number of hydrogen-bond donors (Lipinski definition) is 7. The van der Waals surface area contributed by atoms with E-state index in [-0.39, 0.29) is 38.8 Å². The van der Waals surface area contributed by atoms with Crippen LogP contribution >= 0.6 is 0 Å². The van der Waals surface area contributed by atoms with Crippen LogP contribution in [0.1, 0.15) is 136 Å². The van der Waals surface area contributed by atoms with Gasteiger partial charge < -0.3 is 80.7 Å². The van der Waals surface area contributed by atoms with Crippen molar-refractivity contribution in [3.05, 3.63) is 0 Å². The van der Waals surface area contributed by atoms with Crippen LogP contribution in [0.15, 0.2) is 0 Å². The molecule has 10 atom stereocenters. The molecule has 0 fully saturated rings. The van der Waals surface area contributed by atoms with Gasteiger partial charge in [-0.25, -0.2) is 0 Å². The minimum Gasteiger partial charge on any atom is -0.392 e. The maximum Gasteiger partial charge on any atom is 0.242 e. The summed E-state index contributed by atoms with van der Waals surface area (Å²) < 4.78 is 0. The average molecular weight is 1160 g/mol. The summed E-state index contributed by atoms with van der Waals surface area (Å²) in [7, 11) is 0. The van der Waals surface area contributed by atoms with Gasteiger partial charge in [-0.05, 0) is 101 Å². The van der Waals surface area contributed by atoms with E-state index in [1.807, 2.05) is 13.8 Å². The minimum atomic E-state index is -1.19. The van der Waals surface area contributed by atoms with Crippen LogP contribution in [0.2, 0.25) is 0 Å². The van der Waals surface area contributed by atoms with Crippen LogP contribution in [0.4, 0.5) is 0 Å². The molecule has 0 spiro atoms. The van der Waals surface area contributed by atoms with Crippen LogP contribution < -0.4 is 11.1 Å². The fraction of sp³-hybridized carbons (Fsp3) is 0.818. The number of rotatable bonds is 40. The first kappa shape index (κ1) is 75.5. The van der Waals surface area contributed by atoms with Crippen molar-refractivity contribution < 1.29 is 73.5 Å². The van der Waals surface area contributed by atoms with Crippen molar-refractivity contribution in [3.63, 3.8) is 0 Å². The first-order valence-corrected chi connectivity index (χ1v) is 28.7. The summed E-state index contributed by atoms with van der Waals surface area (Å²) in [5.41, 5.74) is 5.36. The molecule has 0 saturated heterocycles. The highest BCUT2D eigenvalue weighted by Gasteiger charge is 2.35. The second-order valence-electron chi connectivity index (χ2n) is 21.9. The van der Waals surface area contributed by atoms with Gasteiger partial charge in [0.15, 0.2) is 0 Å². The molecule has 0 aromatic heterocycles. The van der Waals surface area contributed by atoms with Crippen molar-refractivity contribution in [1.82, 2.24) is 49.4 Å². The lowest BCUT2D eigenvalue weighted by Crippen LogP contribution is -2.56. The number of aliphatic hydroxyl groups excluding tert-OH is 5. The lowest BCUT2D eigenvalue weighted by atomic mass is 10.1. The first-order valence-electron chi connectivity index (χ1n) is 28.7. The third-order valence-electron chi connectivity index (χ3n) is 14.0. The Balaban J connectivity index is 6.87. The largest absolute Gasteiger partial charge is 0.392 e. The predicted molar refractivity (Wildman–Crippen MR) is 304 cm³/mol. The first-order chi connectivity index (χ1) is 37.7. The fourth-order valence-corrected chi connectivity index (χ4v) is 8.41.